The number of nitrogens with zero attached hydrogens (tertiary/aromatic N) is 2. The molecule has 3 rings (SSSR count). The molecule has 6 nitrogen and oxygen atoms in total. The predicted octanol–water partition coefficient (Wildman–Crippen LogP) is 3.77. The number of amides is 1. The number of carbonyl (C=O) groups is 3. The Morgan fingerprint density at radius 1 is 1.06 bits per heavy atom. The molecule has 0 N–H and O–H groups in total. The van der Waals surface area contributed by atoms with Crippen LogP contribution >= 0.6 is 0 Å². The van der Waals surface area contributed by atoms with Crippen LogP contribution in [0.5, 0.6) is 0 Å². The van der Waals surface area contributed by atoms with Crippen molar-refractivity contribution < 1.29 is 23.5 Å². The first kappa shape index (κ1) is 22.2. The van der Waals surface area contributed by atoms with Crippen LogP contribution in [0, 0.1) is 17.1 Å². The summed E-state index contributed by atoms with van der Waals surface area (Å²) < 4.78 is 19.1. The summed E-state index contributed by atoms with van der Waals surface area (Å²) in [5.74, 6) is -2.09. The van der Waals surface area contributed by atoms with E-state index >= 15 is 0 Å². The predicted molar refractivity (Wildman–Crippen MR) is 112 cm³/mol. The van der Waals surface area contributed by atoms with Crippen LogP contribution in [0.3, 0.4) is 0 Å². The van der Waals surface area contributed by atoms with E-state index < -0.39 is 24.3 Å². The molecule has 0 aromatic heterocycles. The normalized spacial score (nSPS) is 12.0. The quantitative estimate of drug-likeness (QED) is 0.453. The van der Waals surface area contributed by atoms with E-state index in [2.05, 4.69) is 0 Å². The Morgan fingerprint density at radius 2 is 1.84 bits per heavy atom. The number of hydrogen-bond donors (Lipinski definition) is 0. The molecule has 0 saturated heterocycles. The number of benzene rings is 2. The third-order valence-electron chi connectivity index (χ3n) is 5.22. The Balaban J connectivity index is 1.51. The molecule has 160 valence electrons. The molecular weight excluding hydrogens is 399 g/mol. The van der Waals surface area contributed by atoms with Crippen molar-refractivity contribution in [3.05, 3.63) is 65.0 Å². The Hall–Kier alpha value is -3.53. The number of halogens is 1. The number of para-hydroxylation sites is 1. The number of ether oxygens (including phenoxy) is 1. The van der Waals surface area contributed by atoms with Crippen LogP contribution in [-0.2, 0) is 27.2 Å². The number of carbonyl (C=O) groups excluding carboxylic acids is 3. The maximum absolute atomic E-state index is 14.1. The van der Waals surface area contributed by atoms with E-state index in [0.717, 1.165) is 24.2 Å². The van der Waals surface area contributed by atoms with Crippen LogP contribution in [0.15, 0.2) is 42.5 Å². The van der Waals surface area contributed by atoms with Gasteiger partial charge in [0, 0.05) is 18.5 Å². The summed E-state index contributed by atoms with van der Waals surface area (Å²) in [6.45, 7) is -0.615. The molecule has 1 amide bonds. The Kier molecular flexibility index (Phi) is 7.50. The molecule has 0 spiro atoms. The Morgan fingerprint density at radius 3 is 2.61 bits per heavy atom. The zero-order chi connectivity index (χ0) is 22.2. The Bertz CT molecular complexity index is 1030. The molecule has 1 aliphatic carbocycles. The van der Waals surface area contributed by atoms with Gasteiger partial charge in [0.15, 0.2) is 12.4 Å². The van der Waals surface area contributed by atoms with E-state index in [9.17, 15) is 18.8 Å². The molecule has 0 atom stereocenters. The highest BCUT2D eigenvalue weighted by atomic mass is 19.1. The summed E-state index contributed by atoms with van der Waals surface area (Å²) in [6, 6.07) is 13.2. The lowest BCUT2D eigenvalue weighted by Crippen LogP contribution is -2.36. The van der Waals surface area contributed by atoms with Crippen molar-refractivity contribution in [3.8, 4) is 6.07 Å². The van der Waals surface area contributed by atoms with Crippen LogP contribution in [0.4, 0.5) is 10.1 Å². The molecular formula is C24H23FN2O4. The maximum atomic E-state index is 14.1. The van der Waals surface area contributed by atoms with Crippen LogP contribution in [-0.4, -0.2) is 30.8 Å². The lowest BCUT2D eigenvalue weighted by molar-refractivity contribution is -0.147. The fourth-order valence-electron chi connectivity index (χ4n) is 3.61. The Labute approximate surface area is 180 Å². The molecule has 7 heteroatoms. The van der Waals surface area contributed by atoms with Crippen LogP contribution < -0.4 is 4.90 Å². The molecule has 0 bridgehead atoms. The fraction of sp³-hybridized carbons (Fsp3) is 0.333. The van der Waals surface area contributed by atoms with Crippen molar-refractivity contribution in [3.63, 3.8) is 0 Å². The number of ketones is 1. The largest absolute Gasteiger partial charge is 0.456 e. The number of aryl methyl sites for hydroxylation is 2. The summed E-state index contributed by atoms with van der Waals surface area (Å²) >= 11 is 0. The summed E-state index contributed by atoms with van der Waals surface area (Å²) in [5, 5.41) is 8.80. The zero-order valence-electron chi connectivity index (χ0n) is 17.1. The standard InChI is InChI=1S/C24H23FN2O4/c25-20-7-1-2-8-21(20)27(14-4-13-26)23(29)16-31-24(30)12-11-22(28)19-10-9-17-5-3-6-18(17)15-19/h1-2,7-10,15H,3-6,11-12,14,16H2. The van der Waals surface area contributed by atoms with E-state index in [1.165, 1.54) is 29.3 Å². The minimum atomic E-state index is -0.684. The third-order valence-corrected chi connectivity index (χ3v) is 5.22. The molecule has 2 aromatic carbocycles. The van der Waals surface area contributed by atoms with Gasteiger partial charge in [-0.25, -0.2) is 4.39 Å². The van der Waals surface area contributed by atoms with Gasteiger partial charge in [-0.2, -0.15) is 5.26 Å². The molecule has 31 heavy (non-hydrogen) atoms. The average Bonchev–Trinajstić information content (AvgIpc) is 3.25. The fourth-order valence-corrected chi connectivity index (χ4v) is 3.61. The molecule has 0 saturated carbocycles. The van der Waals surface area contributed by atoms with Crippen molar-refractivity contribution in [2.75, 3.05) is 18.1 Å². The first-order valence-corrected chi connectivity index (χ1v) is 10.2. The monoisotopic (exact) mass is 422 g/mol. The molecule has 0 fully saturated rings. The van der Waals surface area contributed by atoms with Crippen molar-refractivity contribution in [1.82, 2.24) is 0 Å². The van der Waals surface area contributed by atoms with Crippen LogP contribution in [0.25, 0.3) is 0 Å². The lowest BCUT2D eigenvalue weighted by atomic mass is 10.0. The third kappa shape index (κ3) is 5.76. The van der Waals surface area contributed by atoms with Crippen molar-refractivity contribution in [2.24, 2.45) is 0 Å². The second-order valence-electron chi connectivity index (χ2n) is 7.33. The SMILES string of the molecule is N#CCCN(C(=O)COC(=O)CCC(=O)c1ccc2c(c1)CCC2)c1ccccc1F. The number of anilines is 1. The van der Waals surface area contributed by atoms with E-state index in [0.29, 0.717) is 5.56 Å². The summed E-state index contributed by atoms with van der Waals surface area (Å²) in [4.78, 5) is 38.0. The van der Waals surface area contributed by atoms with E-state index in [1.807, 2.05) is 18.2 Å². The van der Waals surface area contributed by atoms with Gasteiger partial charge in [0.25, 0.3) is 5.91 Å². The van der Waals surface area contributed by atoms with Gasteiger partial charge in [-0.1, -0.05) is 24.3 Å². The molecule has 0 aliphatic heterocycles. The van der Waals surface area contributed by atoms with Crippen molar-refractivity contribution >= 4 is 23.3 Å². The van der Waals surface area contributed by atoms with Gasteiger partial charge in [0.05, 0.1) is 24.6 Å². The van der Waals surface area contributed by atoms with E-state index in [-0.39, 0.29) is 37.3 Å². The summed E-state index contributed by atoms with van der Waals surface area (Å²) in [7, 11) is 0. The van der Waals surface area contributed by atoms with E-state index in [1.54, 1.807) is 12.1 Å². The minimum absolute atomic E-state index is 0.00327. The topological polar surface area (TPSA) is 87.5 Å². The smallest absolute Gasteiger partial charge is 0.306 e. The molecule has 0 unspecified atom stereocenters. The summed E-state index contributed by atoms with van der Waals surface area (Å²) in [5.41, 5.74) is 3.05. The van der Waals surface area contributed by atoms with Crippen LogP contribution in [0.2, 0.25) is 0 Å². The number of hydrogen-bond acceptors (Lipinski definition) is 5. The first-order valence-electron chi connectivity index (χ1n) is 10.2. The van der Waals surface area contributed by atoms with E-state index in [4.69, 9.17) is 10.00 Å². The lowest BCUT2D eigenvalue weighted by Gasteiger charge is -2.22. The van der Waals surface area contributed by atoms with Gasteiger partial charge >= 0.3 is 5.97 Å². The zero-order valence-corrected chi connectivity index (χ0v) is 17.1. The summed E-state index contributed by atoms with van der Waals surface area (Å²) in [6.07, 6.45) is 2.92. The maximum Gasteiger partial charge on any atom is 0.306 e. The second-order valence-corrected chi connectivity index (χ2v) is 7.33. The number of fused-ring (bicyclic) bond motifs is 1. The minimum Gasteiger partial charge on any atom is -0.456 e. The molecule has 0 heterocycles. The van der Waals surface area contributed by atoms with Crippen LogP contribution in [0.1, 0.15) is 47.2 Å². The van der Waals surface area contributed by atoms with Gasteiger partial charge in [-0.05, 0) is 48.6 Å². The van der Waals surface area contributed by atoms with Crippen molar-refractivity contribution in [2.45, 2.75) is 38.5 Å². The highest BCUT2D eigenvalue weighted by Gasteiger charge is 2.21. The molecule has 2 aromatic rings. The van der Waals surface area contributed by atoms with Gasteiger partial charge in [0.2, 0.25) is 0 Å². The van der Waals surface area contributed by atoms with Gasteiger partial charge in [-0.3, -0.25) is 14.4 Å². The van der Waals surface area contributed by atoms with Gasteiger partial charge in [-0.15, -0.1) is 0 Å². The first-order chi connectivity index (χ1) is 15.0. The average molecular weight is 422 g/mol. The number of nitriles is 1. The second kappa shape index (κ2) is 10.5. The highest BCUT2D eigenvalue weighted by molar-refractivity contribution is 5.98. The van der Waals surface area contributed by atoms with Gasteiger partial charge in [0.1, 0.15) is 5.82 Å². The molecule has 1 aliphatic rings. The number of rotatable bonds is 9. The van der Waals surface area contributed by atoms with Gasteiger partial charge < -0.3 is 9.64 Å². The van der Waals surface area contributed by atoms with Crippen molar-refractivity contribution in [1.29, 1.82) is 5.26 Å². The number of esters is 1. The number of Topliss-reactive ketones (excluding diaryl/α,β-unsaturated/α-hetero) is 1. The molecule has 0 radical (unpaired) electrons. The highest BCUT2D eigenvalue weighted by Crippen LogP contribution is 2.23.